The SMILES string of the molecule is NCC1CCCCN1S(=O)(=O)NCCn1cccn1. The molecule has 1 aliphatic heterocycles. The summed E-state index contributed by atoms with van der Waals surface area (Å²) in [6.07, 6.45) is 6.26. The zero-order chi connectivity index (χ0) is 13.7. The quantitative estimate of drug-likeness (QED) is 0.740. The van der Waals surface area contributed by atoms with Gasteiger partial charge >= 0.3 is 0 Å². The Balaban J connectivity index is 1.89. The highest BCUT2D eigenvalue weighted by atomic mass is 32.2. The minimum Gasteiger partial charge on any atom is -0.329 e. The third-order valence-electron chi connectivity index (χ3n) is 3.34. The average molecular weight is 287 g/mol. The highest BCUT2D eigenvalue weighted by molar-refractivity contribution is 7.87. The lowest BCUT2D eigenvalue weighted by molar-refractivity contribution is 0.254. The maximum Gasteiger partial charge on any atom is 0.279 e. The first kappa shape index (κ1) is 14.4. The molecule has 0 aromatic carbocycles. The lowest BCUT2D eigenvalue weighted by atomic mass is 10.1. The van der Waals surface area contributed by atoms with E-state index in [9.17, 15) is 8.42 Å². The Morgan fingerprint density at radius 2 is 2.26 bits per heavy atom. The van der Waals surface area contributed by atoms with Crippen LogP contribution in [0, 0.1) is 0 Å². The van der Waals surface area contributed by atoms with Crippen LogP contribution in [0.1, 0.15) is 19.3 Å². The molecular formula is C11H21N5O2S. The Bertz CT molecular complexity index is 473. The molecule has 0 amide bonds. The number of nitrogens with two attached hydrogens (primary N) is 1. The van der Waals surface area contributed by atoms with E-state index in [4.69, 9.17) is 5.73 Å². The van der Waals surface area contributed by atoms with E-state index in [1.807, 2.05) is 6.07 Å². The van der Waals surface area contributed by atoms with Crippen molar-refractivity contribution in [1.29, 1.82) is 0 Å². The molecule has 1 aromatic rings. The molecule has 7 nitrogen and oxygen atoms in total. The van der Waals surface area contributed by atoms with E-state index in [1.54, 1.807) is 17.1 Å². The second kappa shape index (κ2) is 6.47. The molecule has 1 aliphatic rings. The van der Waals surface area contributed by atoms with Gasteiger partial charge in [0.2, 0.25) is 0 Å². The van der Waals surface area contributed by atoms with Gasteiger partial charge in [-0.3, -0.25) is 4.68 Å². The molecule has 0 spiro atoms. The highest BCUT2D eigenvalue weighted by Gasteiger charge is 2.30. The van der Waals surface area contributed by atoms with Gasteiger partial charge in [0.05, 0.1) is 6.54 Å². The summed E-state index contributed by atoms with van der Waals surface area (Å²) in [5.41, 5.74) is 5.65. The summed E-state index contributed by atoms with van der Waals surface area (Å²) in [7, 11) is -3.44. The number of hydrogen-bond donors (Lipinski definition) is 2. The molecule has 108 valence electrons. The Morgan fingerprint density at radius 3 is 2.95 bits per heavy atom. The third kappa shape index (κ3) is 3.75. The zero-order valence-corrected chi connectivity index (χ0v) is 11.7. The average Bonchev–Trinajstić information content (AvgIpc) is 2.91. The van der Waals surface area contributed by atoms with Crippen molar-refractivity contribution in [3.63, 3.8) is 0 Å². The molecule has 1 unspecified atom stereocenters. The number of nitrogens with one attached hydrogen (secondary N) is 1. The highest BCUT2D eigenvalue weighted by Crippen LogP contribution is 2.18. The molecular weight excluding hydrogens is 266 g/mol. The summed E-state index contributed by atoms with van der Waals surface area (Å²) < 4.78 is 30.2. The van der Waals surface area contributed by atoms with Gasteiger partial charge in [-0.15, -0.1) is 0 Å². The van der Waals surface area contributed by atoms with E-state index < -0.39 is 10.2 Å². The van der Waals surface area contributed by atoms with Crippen LogP contribution in [0.3, 0.4) is 0 Å². The van der Waals surface area contributed by atoms with Gasteiger partial charge in [-0.05, 0) is 18.9 Å². The van der Waals surface area contributed by atoms with E-state index >= 15 is 0 Å². The first-order valence-corrected chi connectivity index (χ1v) is 8.01. The van der Waals surface area contributed by atoms with E-state index in [0.717, 1.165) is 19.3 Å². The van der Waals surface area contributed by atoms with Gasteiger partial charge in [-0.1, -0.05) is 6.42 Å². The molecule has 8 heteroatoms. The minimum atomic E-state index is -3.44. The lowest BCUT2D eigenvalue weighted by Gasteiger charge is -2.33. The van der Waals surface area contributed by atoms with Crippen molar-refractivity contribution in [2.45, 2.75) is 31.8 Å². The Morgan fingerprint density at radius 1 is 1.42 bits per heavy atom. The number of piperidine rings is 1. The smallest absolute Gasteiger partial charge is 0.279 e. The van der Waals surface area contributed by atoms with Crippen molar-refractivity contribution < 1.29 is 8.42 Å². The van der Waals surface area contributed by atoms with Crippen molar-refractivity contribution in [1.82, 2.24) is 18.8 Å². The number of hydrogen-bond acceptors (Lipinski definition) is 4. The molecule has 1 aromatic heterocycles. The molecule has 0 aliphatic carbocycles. The van der Waals surface area contributed by atoms with E-state index in [2.05, 4.69) is 9.82 Å². The molecule has 0 radical (unpaired) electrons. The number of aromatic nitrogens is 2. The van der Waals surface area contributed by atoms with Crippen LogP contribution >= 0.6 is 0 Å². The predicted molar refractivity (Wildman–Crippen MR) is 72.5 cm³/mol. The molecule has 0 bridgehead atoms. The number of nitrogens with zero attached hydrogens (tertiary/aromatic N) is 3. The standard InChI is InChI=1S/C11H21N5O2S/c12-10-11-4-1-2-8-16(11)19(17,18)14-6-9-15-7-3-5-13-15/h3,5,7,11,14H,1-2,4,6,8-10,12H2. The van der Waals surface area contributed by atoms with Gasteiger partial charge in [-0.25, -0.2) is 4.72 Å². The fourth-order valence-corrected chi connectivity index (χ4v) is 3.80. The molecule has 0 saturated carbocycles. The Labute approximate surface area is 113 Å². The third-order valence-corrected chi connectivity index (χ3v) is 5.01. The van der Waals surface area contributed by atoms with Gasteiger partial charge in [0, 0.05) is 38.1 Å². The van der Waals surface area contributed by atoms with Gasteiger partial charge in [0.25, 0.3) is 10.2 Å². The van der Waals surface area contributed by atoms with Crippen molar-refractivity contribution >= 4 is 10.2 Å². The van der Waals surface area contributed by atoms with Crippen molar-refractivity contribution in [3.05, 3.63) is 18.5 Å². The fourth-order valence-electron chi connectivity index (χ4n) is 2.33. The minimum absolute atomic E-state index is 0.0732. The molecule has 1 atom stereocenters. The topological polar surface area (TPSA) is 93.2 Å². The fraction of sp³-hybridized carbons (Fsp3) is 0.727. The summed E-state index contributed by atoms with van der Waals surface area (Å²) in [6.45, 7) is 1.78. The monoisotopic (exact) mass is 287 g/mol. The normalized spacial score (nSPS) is 21.6. The van der Waals surface area contributed by atoms with Gasteiger partial charge < -0.3 is 5.73 Å². The van der Waals surface area contributed by atoms with E-state index in [-0.39, 0.29) is 6.04 Å². The van der Waals surface area contributed by atoms with Crippen molar-refractivity contribution in [2.24, 2.45) is 5.73 Å². The van der Waals surface area contributed by atoms with Crippen LogP contribution in [0.4, 0.5) is 0 Å². The largest absolute Gasteiger partial charge is 0.329 e. The molecule has 3 N–H and O–H groups in total. The molecule has 1 saturated heterocycles. The Hall–Kier alpha value is -0.960. The molecule has 2 rings (SSSR count). The maximum absolute atomic E-state index is 12.2. The zero-order valence-electron chi connectivity index (χ0n) is 10.9. The van der Waals surface area contributed by atoms with Gasteiger partial charge in [0.1, 0.15) is 0 Å². The van der Waals surface area contributed by atoms with Crippen molar-refractivity contribution in [2.75, 3.05) is 19.6 Å². The molecule has 19 heavy (non-hydrogen) atoms. The van der Waals surface area contributed by atoms with Crippen LogP contribution in [0.15, 0.2) is 18.5 Å². The second-order valence-corrected chi connectivity index (χ2v) is 6.37. The van der Waals surface area contributed by atoms with Crippen LogP contribution in [0.25, 0.3) is 0 Å². The maximum atomic E-state index is 12.2. The number of rotatable bonds is 6. The first-order valence-electron chi connectivity index (χ1n) is 6.57. The molecule has 2 heterocycles. The summed E-state index contributed by atoms with van der Waals surface area (Å²) >= 11 is 0. The van der Waals surface area contributed by atoms with E-state index in [0.29, 0.717) is 26.2 Å². The predicted octanol–water partition coefficient (Wildman–Crippen LogP) is -0.469. The summed E-state index contributed by atoms with van der Waals surface area (Å²) in [6, 6.07) is 1.74. The van der Waals surface area contributed by atoms with Gasteiger partial charge in [-0.2, -0.15) is 17.8 Å². The van der Waals surface area contributed by atoms with Crippen molar-refractivity contribution in [3.8, 4) is 0 Å². The van der Waals surface area contributed by atoms with Crippen LogP contribution in [-0.4, -0.2) is 48.2 Å². The Kier molecular flexibility index (Phi) is 4.92. The van der Waals surface area contributed by atoms with Crippen LogP contribution in [0.5, 0.6) is 0 Å². The van der Waals surface area contributed by atoms with Crippen LogP contribution < -0.4 is 10.5 Å². The van der Waals surface area contributed by atoms with Crippen LogP contribution in [-0.2, 0) is 16.8 Å². The first-order chi connectivity index (χ1) is 9.13. The summed E-state index contributed by atoms with van der Waals surface area (Å²) in [4.78, 5) is 0. The lowest BCUT2D eigenvalue weighted by Crippen LogP contribution is -2.52. The molecule has 1 fully saturated rings. The summed E-state index contributed by atoms with van der Waals surface area (Å²) in [5.74, 6) is 0. The van der Waals surface area contributed by atoms with Gasteiger partial charge in [0.15, 0.2) is 0 Å². The van der Waals surface area contributed by atoms with E-state index in [1.165, 1.54) is 4.31 Å². The summed E-state index contributed by atoms with van der Waals surface area (Å²) in [5, 5.41) is 4.03. The second-order valence-electron chi connectivity index (χ2n) is 4.66. The van der Waals surface area contributed by atoms with Crippen LogP contribution in [0.2, 0.25) is 0 Å².